The Kier molecular flexibility index (Phi) is 4.72. The highest BCUT2D eigenvalue weighted by atomic mass is 32.1. The van der Waals surface area contributed by atoms with E-state index in [1.165, 1.54) is 6.08 Å². The van der Waals surface area contributed by atoms with Gasteiger partial charge in [-0.15, -0.1) is 11.3 Å². The van der Waals surface area contributed by atoms with E-state index in [0.717, 1.165) is 33.2 Å². The molecule has 0 aliphatic heterocycles. The number of benzene rings is 2. The van der Waals surface area contributed by atoms with Gasteiger partial charge in [-0.3, -0.25) is 9.20 Å². The first-order valence-electron chi connectivity index (χ1n) is 8.37. The molecule has 1 amide bonds. The average Bonchev–Trinajstić information content (AvgIpc) is 3.29. The number of thiazole rings is 1. The molecule has 4 aromatic rings. The van der Waals surface area contributed by atoms with Crippen molar-refractivity contribution in [1.82, 2.24) is 9.38 Å². The van der Waals surface area contributed by atoms with E-state index >= 15 is 0 Å². The van der Waals surface area contributed by atoms with Gasteiger partial charge in [0, 0.05) is 29.4 Å². The van der Waals surface area contributed by atoms with Gasteiger partial charge in [-0.1, -0.05) is 30.3 Å². The molecule has 0 aliphatic carbocycles. The number of nitrogens with one attached hydrogen (secondary N) is 1. The number of ether oxygens (including phenoxy) is 1. The largest absolute Gasteiger partial charge is 0.497 e. The number of anilines is 1. The molecule has 134 valence electrons. The van der Waals surface area contributed by atoms with Gasteiger partial charge in [-0.05, 0) is 29.8 Å². The lowest BCUT2D eigenvalue weighted by molar-refractivity contribution is -0.111. The van der Waals surface area contributed by atoms with Crippen molar-refractivity contribution in [1.29, 1.82) is 0 Å². The van der Waals surface area contributed by atoms with Crippen LogP contribution >= 0.6 is 11.3 Å². The zero-order valence-corrected chi connectivity index (χ0v) is 15.4. The Labute approximate surface area is 160 Å². The Morgan fingerprint density at radius 3 is 2.78 bits per heavy atom. The number of fused-ring (bicyclic) bond motifs is 1. The third-order valence-electron chi connectivity index (χ3n) is 4.10. The lowest BCUT2D eigenvalue weighted by atomic mass is 10.1. The number of carbonyl (C=O) groups excluding carboxylic acids is 1. The molecule has 0 atom stereocenters. The van der Waals surface area contributed by atoms with Crippen molar-refractivity contribution in [3.05, 3.63) is 77.9 Å². The molecule has 5 nitrogen and oxygen atoms in total. The predicted octanol–water partition coefficient (Wildman–Crippen LogP) is 4.72. The molecule has 27 heavy (non-hydrogen) atoms. The van der Waals surface area contributed by atoms with Crippen LogP contribution in [0.4, 0.5) is 5.69 Å². The summed E-state index contributed by atoms with van der Waals surface area (Å²) in [6.45, 7) is 0. The van der Waals surface area contributed by atoms with Crippen LogP contribution in [0.2, 0.25) is 0 Å². The van der Waals surface area contributed by atoms with Gasteiger partial charge in [-0.25, -0.2) is 4.98 Å². The van der Waals surface area contributed by atoms with Crippen molar-refractivity contribution in [3.8, 4) is 17.0 Å². The molecule has 6 heteroatoms. The maximum absolute atomic E-state index is 12.4. The zero-order chi connectivity index (χ0) is 18.6. The van der Waals surface area contributed by atoms with E-state index in [0.29, 0.717) is 0 Å². The van der Waals surface area contributed by atoms with Crippen LogP contribution in [0, 0.1) is 0 Å². The van der Waals surface area contributed by atoms with Crippen molar-refractivity contribution in [3.63, 3.8) is 0 Å². The second-order valence-electron chi connectivity index (χ2n) is 5.86. The zero-order valence-electron chi connectivity index (χ0n) is 14.6. The topological polar surface area (TPSA) is 55.6 Å². The maximum Gasteiger partial charge on any atom is 0.248 e. The number of para-hydroxylation sites is 1. The fraction of sp³-hybridized carbons (Fsp3) is 0.0476. The van der Waals surface area contributed by atoms with Crippen LogP contribution in [0.3, 0.4) is 0 Å². The van der Waals surface area contributed by atoms with Gasteiger partial charge in [0.1, 0.15) is 5.75 Å². The minimum atomic E-state index is -0.195. The SMILES string of the molecule is COc1ccc(C=CC(=O)Nc2ccccc2-c2cn3ccsc3n2)cc1. The van der Waals surface area contributed by atoms with Crippen molar-refractivity contribution >= 4 is 34.0 Å². The van der Waals surface area contributed by atoms with Crippen molar-refractivity contribution < 1.29 is 9.53 Å². The van der Waals surface area contributed by atoms with Crippen molar-refractivity contribution in [2.24, 2.45) is 0 Å². The van der Waals surface area contributed by atoms with Gasteiger partial charge in [-0.2, -0.15) is 0 Å². The number of aromatic nitrogens is 2. The van der Waals surface area contributed by atoms with E-state index < -0.39 is 0 Å². The van der Waals surface area contributed by atoms with Gasteiger partial charge < -0.3 is 10.1 Å². The monoisotopic (exact) mass is 375 g/mol. The second kappa shape index (κ2) is 7.47. The van der Waals surface area contributed by atoms with E-state index in [2.05, 4.69) is 10.3 Å². The van der Waals surface area contributed by atoms with Gasteiger partial charge in [0.15, 0.2) is 4.96 Å². The molecule has 0 spiro atoms. The van der Waals surface area contributed by atoms with Gasteiger partial charge >= 0.3 is 0 Å². The average molecular weight is 375 g/mol. The quantitative estimate of drug-likeness (QED) is 0.513. The van der Waals surface area contributed by atoms with Crippen LogP contribution in [-0.4, -0.2) is 22.4 Å². The standard InChI is InChI=1S/C21H17N3O2S/c1-26-16-9-6-15(7-10-16)8-11-20(25)22-18-5-3-2-4-17(18)19-14-24-12-13-27-21(24)23-19/h2-14H,1H3,(H,22,25). The van der Waals surface area contributed by atoms with E-state index in [1.54, 1.807) is 24.5 Å². The number of imidazole rings is 1. The lowest BCUT2D eigenvalue weighted by Crippen LogP contribution is -2.08. The van der Waals surface area contributed by atoms with Crippen LogP contribution < -0.4 is 10.1 Å². The number of methoxy groups -OCH3 is 1. The van der Waals surface area contributed by atoms with Crippen LogP contribution in [-0.2, 0) is 4.79 Å². The highest BCUT2D eigenvalue weighted by Crippen LogP contribution is 2.28. The van der Waals surface area contributed by atoms with Gasteiger partial charge in [0.05, 0.1) is 18.5 Å². The molecule has 2 aromatic heterocycles. The Balaban J connectivity index is 1.52. The third-order valence-corrected chi connectivity index (χ3v) is 4.87. The summed E-state index contributed by atoms with van der Waals surface area (Å²) in [6, 6.07) is 15.2. The Bertz CT molecular complexity index is 1080. The summed E-state index contributed by atoms with van der Waals surface area (Å²) >= 11 is 1.58. The summed E-state index contributed by atoms with van der Waals surface area (Å²) in [6.07, 6.45) is 7.22. The van der Waals surface area contributed by atoms with E-state index in [1.807, 2.05) is 70.7 Å². The van der Waals surface area contributed by atoms with Crippen LogP contribution in [0.1, 0.15) is 5.56 Å². The Hall–Kier alpha value is -3.38. The molecule has 0 radical (unpaired) electrons. The predicted molar refractivity (Wildman–Crippen MR) is 109 cm³/mol. The number of amides is 1. The highest BCUT2D eigenvalue weighted by Gasteiger charge is 2.10. The fourth-order valence-corrected chi connectivity index (χ4v) is 3.43. The molecule has 4 rings (SSSR count). The molecule has 0 saturated heterocycles. The van der Waals surface area contributed by atoms with Crippen LogP contribution in [0.25, 0.3) is 22.3 Å². The normalized spacial score (nSPS) is 11.1. The molecular weight excluding hydrogens is 358 g/mol. The third kappa shape index (κ3) is 3.75. The molecule has 2 heterocycles. The van der Waals surface area contributed by atoms with Crippen molar-refractivity contribution in [2.45, 2.75) is 0 Å². The van der Waals surface area contributed by atoms with E-state index in [4.69, 9.17) is 4.74 Å². The molecule has 0 unspecified atom stereocenters. The van der Waals surface area contributed by atoms with Crippen LogP contribution in [0.15, 0.2) is 72.4 Å². The number of rotatable bonds is 5. The minimum Gasteiger partial charge on any atom is -0.497 e. The summed E-state index contributed by atoms with van der Waals surface area (Å²) in [5.74, 6) is 0.588. The van der Waals surface area contributed by atoms with Gasteiger partial charge in [0.2, 0.25) is 5.91 Å². The van der Waals surface area contributed by atoms with E-state index in [9.17, 15) is 4.79 Å². The fourth-order valence-electron chi connectivity index (χ4n) is 2.73. The molecule has 0 saturated carbocycles. The first-order chi connectivity index (χ1) is 13.2. The second-order valence-corrected chi connectivity index (χ2v) is 6.73. The molecule has 0 aliphatic rings. The first-order valence-corrected chi connectivity index (χ1v) is 9.25. The highest BCUT2D eigenvalue weighted by molar-refractivity contribution is 7.15. The minimum absolute atomic E-state index is 0.195. The number of nitrogens with zero attached hydrogens (tertiary/aromatic N) is 2. The number of carbonyl (C=O) groups is 1. The maximum atomic E-state index is 12.4. The molecular formula is C21H17N3O2S. The summed E-state index contributed by atoms with van der Waals surface area (Å²) in [4.78, 5) is 17.9. The molecule has 0 bridgehead atoms. The molecule has 2 aromatic carbocycles. The summed E-state index contributed by atoms with van der Waals surface area (Å²) < 4.78 is 7.11. The molecule has 1 N–H and O–H groups in total. The van der Waals surface area contributed by atoms with Crippen molar-refractivity contribution in [2.75, 3.05) is 12.4 Å². The smallest absolute Gasteiger partial charge is 0.248 e. The number of hydrogen-bond donors (Lipinski definition) is 1. The molecule has 0 fully saturated rings. The van der Waals surface area contributed by atoms with Crippen LogP contribution in [0.5, 0.6) is 5.75 Å². The Morgan fingerprint density at radius 2 is 2.00 bits per heavy atom. The lowest BCUT2D eigenvalue weighted by Gasteiger charge is -2.07. The summed E-state index contributed by atoms with van der Waals surface area (Å²) in [5.41, 5.74) is 3.37. The Morgan fingerprint density at radius 1 is 1.19 bits per heavy atom. The summed E-state index contributed by atoms with van der Waals surface area (Å²) in [7, 11) is 1.62. The van der Waals surface area contributed by atoms with Gasteiger partial charge in [0.25, 0.3) is 0 Å². The number of hydrogen-bond acceptors (Lipinski definition) is 4. The van der Waals surface area contributed by atoms with E-state index in [-0.39, 0.29) is 5.91 Å². The summed E-state index contributed by atoms with van der Waals surface area (Å²) in [5, 5.41) is 4.93. The first kappa shape index (κ1) is 17.1.